The fraction of sp³-hybridized carbons (Fsp3) is 0. The number of carboxylic acids is 1. The van der Waals surface area contributed by atoms with E-state index in [1.807, 2.05) is 0 Å². The van der Waals surface area contributed by atoms with Crippen LogP contribution in [-0.4, -0.2) is 17.0 Å². The first kappa shape index (κ1) is 15.8. The van der Waals surface area contributed by atoms with Gasteiger partial charge in [0.25, 0.3) is 5.91 Å². The van der Waals surface area contributed by atoms with Crippen molar-refractivity contribution in [2.45, 2.75) is 0 Å². The summed E-state index contributed by atoms with van der Waals surface area (Å²) in [6.45, 7) is 0. The number of aromatic carboxylic acids is 1. The number of anilines is 1. The molecule has 0 spiro atoms. The number of carbonyl (C=O) groups is 2. The third-order valence-electron chi connectivity index (χ3n) is 2.58. The van der Waals surface area contributed by atoms with E-state index in [1.165, 1.54) is 24.3 Å². The molecule has 4 nitrogen and oxygen atoms in total. The van der Waals surface area contributed by atoms with Gasteiger partial charge in [-0.05, 0) is 36.4 Å². The van der Waals surface area contributed by atoms with Crippen molar-refractivity contribution in [1.82, 2.24) is 0 Å². The Bertz CT molecular complexity index is 734. The van der Waals surface area contributed by atoms with E-state index in [-0.39, 0.29) is 16.1 Å². The van der Waals surface area contributed by atoms with E-state index < -0.39 is 11.9 Å². The number of halogens is 3. The highest BCUT2D eigenvalue weighted by molar-refractivity contribution is 9.10. The van der Waals surface area contributed by atoms with Gasteiger partial charge < -0.3 is 10.4 Å². The van der Waals surface area contributed by atoms with Crippen molar-refractivity contribution in [3.63, 3.8) is 0 Å². The molecule has 0 atom stereocenters. The van der Waals surface area contributed by atoms with E-state index in [2.05, 4.69) is 21.2 Å². The van der Waals surface area contributed by atoms with Gasteiger partial charge in [0.2, 0.25) is 0 Å². The molecule has 0 fully saturated rings. The van der Waals surface area contributed by atoms with Crippen molar-refractivity contribution in [3.05, 3.63) is 62.0 Å². The molecule has 0 bridgehead atoms. The zero-order valence-corrected chi connectivity index (χ0v) is 13.5. The molecule has 2 N–H and O–H groups in total. The molecular formula is C14H8BrCl2NO3. The molecule has 0 saturated heterocycles. The molecular weight excluding hydrogens is 381 g/mol. The Morgan fingerprint density at radius 2 is 1.81 bits per heavy atom. The maximum atomic E-state index is 12.1. The van der Waals surface area contributed by atoms with Crippen LogP contribution in [0, 0.1) is 0 Å². The topological polar surface area (TPSA) is 66.4 Å². The van der Waals surface area contributed by atoms with Crippen molar-refractivity contribution in [3.8, 4) is 0 Å². The largest absolute Gasteiger partial charge is 0.478 e. The molecule has 21 heavy (non-hydrogen) atoms. The Kier molecular flexibility index (Phi) is 4.88. The second-order valence-corrected chi connectivity index (χ2v) is 5.87. The zero-order valence-electron chi connectivity index (χ0n) is 10.4. The molecule has 0 unspecified atom stereocenters. The van der Waals surface area contributed by atoms with Gasteiger partial charge in [-0.3, -0.25) is 4.79 Å². The van der Waals surface area contributed by atoms with Gasteiger partial charge in [-0.1, -0.05) is 39.1 Å². The first-order valence-electron chi connectivity index (χ1n) is 5.67. The van der Waals surface area contributed by atoms with Crippen molar-refractivity contribution in [2.24, 2.45) is 0 Å². The van der Waals surface area contributed by atoms with Crippen LogP contribution in [0.25, 0.3) is 0 Å². The maximum absolute atomic E-state index is 12.1. The highest BCUT2D eigenvalue weighted by Gasteiger charge is 2.13. The van der Waals surface area contributed by atoms with Gasteiger partial charge in [-0.2, -0.15) is 0 Å². The average molecular weight is 389 g/mol. The summed E-state index contributed by atoms with van der Waals surface area (Å²) in [6, 6.07) is 8.89. The Labute approximate surface area is 138 Å². The summed E-state index contributed by atoms with van der Waals surface area (Å²) in [7, 11) is 0. The summed E-state index contributed by atoms with van der Waals surface area (Å²) in [6.07, 6.45) is 0. The fourth-order valence-corrected chi connectivity index (χ4v) is 2.64. The molecule has 1 amide bonds. The molecule has 0 radical (unpaired) electrons. The van der Waals surface area contributed by atoms with Gasteiger partial charge in [-0.15, -0.1) is 0 Å². The Morgan fingerprint density at radius 1 is 1.10 bits per heavy atom. The highest BCUT2D eigenvalue weighted by Crippen LogP contribution is 2.24. The van der Waals surface area contributed by atoms with Crippen LogP contribution in [0.1, 0.15) is 20.7 Å². The lowest BCUT2D eigenvalue weighted by Gasteiger charge is -2.08. The van der Waals surface area contributed by atoms with Crippen LogP contribution in [0.3, 0.4) is 0 Å². The van der Waals surface area contributed by atoms with Crippen LogP contribution in [0.4, 0.5) is 5.69 Å². The minimum absolute atomic E-state index is 0.0573. The first-order valence-corrected chi connectivity index (χ1v) is 7.22. The number of carboxylic acid groups (broad SMARTS) is 1. The summed E-state index contributed by atoms with van der Waals surface area (Å²) in [5, 5.41) is 12.2. The number of amides is 1. The quantitative estimate of drug-likeness (QED) is 0.800. The van der Waals surface area contributed by atoms with Gasteiger partial charge >= 0.3 is 5.97 Å². The van der Waals surface area contributed by atoms with Crippen LogP contribution in [-0.2, 0) is 0 Å². The number of benzene rings is 2. The smallest absolute Gasteiger partial charge is 0.335 e. The van der Waals surface area contributed by atoms with Gasteiger partial charge in [0.05, 0.1) is 16.1 Å². The molecule has 0 aliphatic heterocycles. The van der Waals surface area contributed by atoms with E-state index in [4.69, 9.17) is 28.3 Å². The number of hydrogen-bond donors (Lipinski definition) is 2. The summed E-state index contributed by atoms with van der Waals surface area (Å²) >= 11 is 14.9. The summed E-state index contributed by atoms with van der Waals surface area (Å²) in [5.74, 6) is -1.54. The number of nitrogens with one attached hydrogen (secondary N) is 1. The number of rotatable bonds is 3. The lowest BCUT2D eigenvalue weighted by Crippen LogP contribution is -2.13. The predicted octanol–water partition coefficient (Wildman–Crippen LogP) is 4.71. The van der Waals surface area contributed by atoms with E-state index >= 15 is 0 Å². The number of carbonyl (C=O) groups excluding carboxylic acids is 1. The molecule has 0 aromatic heterocycles. The van der Waals surface area contributed by atoms with E-state index in [0.29, 0.717) is 15.2 Å². The third-order valence-corrected chi connectivity index (χ3v) is 3.58. The van der Waals surface area contributed by atoms with Crippen molar-refractivity contribution in [1.29, 1.82) is 0 Å². The minimum atomic E-state index is -1.09. The van der Waals surface area contributed by atoms with E-state index in [9.17, 15) is 9.59 Å². The predicted molar refractivity (Wildman–Crippen MR) is 85.5 cm³/mol. The summed E-state index contributed by atoms with van der Waals surface area (Å²) in [4.78, 5) is 23.1. The van der Waals surface area contributed by atoms with Crippen LogP contribution in [0.2, 0.25) is 10.0 Å². The molecule has 0 saturated carbocycles. The Balaban J connectivity index is 2.29. The molecule has 2 aromatic carbocycles. The van der Waals surface area contributed by atoms with Crippen LogP contribution >= 0.6 is 39.1 Å². The fourth-order valence-electron chi connectivity index (χ4n) is 1.66. The molecule has 0 aliphatic rings. The van der Waals surface area contributed by atoms with Crippen LogP contribution in [0.5, 0.6) is 0 Å². The summed E-state index contributed by atoms with van der Waals surface area (Å²) in [5.41, 5.74) is 0.651. The molecule has 2 aromatic rings. The van der Waals surface area contributed by atoms with Crippen LogP contribution in [0.15, 0.2) is 40.9 Å². The average Bonchev–Trinajstić information content (AvgIpc) is 2.37. The molecule has 0 aliphatic carbocycles. The Hall–Kier alpha value is -1.56. The van der Waals surface area contributed by atoms with Gasteiger partial charge in [0.15, 0.2) is 0 Å². The molecule has 0 heterocycles. The molecule has 7 heteroatoms. The van der Waals surface area contributed by atoms with Crippen molar-refractivity contribution in [2.75, 3.05) is 5.32 Å². The standard InChI is InChI=1S/C14H8BrCl2NO3/c15-8-3-7(14(20)21)4-10(5-8)18-13(19)11-2-1-9(16)6-12(11)17/h1-6H,(H,18,19)(H,20,21). The second kappa shape index (κ2) is 6.47. The lowest BCUT2D eigenvalue weighted by molar-refractivity contribution is 0.0696. The van der Waals surface area contributed by atoms with E-state index in [1.54, 1.807) is 12.1 Å². The monoisotopic (exact) mass is 387 g/mol. The molecule has 2 rings (SSSR count). The van der Waals surface area contributed by atoms with E-state index in [0.717, 1.165) is 0 Å². The lowest BCUT2D eigenvalue weighted by atomic mass is 10.1. The zero-order chi connectivity index (χ0) is 15.6. The second-order valence-electron chi connectivity index (χ2n) is 4.11. The minimum Gasteiger partial charge on any atom is -0.478 e. The summed E-state index contributed by atoms with van der Waals surface area (Å²) < 4.78 is 0.542. The first-order chi connectivity index (χ1) is 9.86. The Morgan fingerprint density at radius 3 is 2.43 bits per heavy atom. The van der Waals surface area contributed by atoms with Gasteiger partial charge in [0.1, 0.15) is 0 Å². The van der Waals surface area contributed by atoms with Crippen molar-refractivity contribution >= 4 is 56.7 Å². The third kappa shape index (κ3) is 3.97. The van der Waals surface area contributed by atoms with Gasteiger partial charge in [-0.25, -0.2) is 4.79 Å². The highest BCUT2D eigenvalue weighted by atomic mass is 79.9. The van der Waals surface area contributed by atoms with Crippen LogP contribution < -0.4 is 5.32 Å². The number of hydrogen-bond acceptors (Lipinski definition) is 2. The van der Waals surface area contributed by atoms with Crippen molar-refractivity contribution < 1.29 is 14.7 Å². The SMILES string of the molecule is O=C(O)c1cc(Br)cc(NC(=O)c2ccc(Cl)cc2Cl)c1. The maximum Gasteiger partial charge on any atom is 0.335 e. The van der Waals surface area contributed by atoms with Gasteiger partial charge in [0, 0.05) is 15.2 Å². The normalized spacial score (nSPS) is 10.2. The molecule has 108 valence electrons.